The van der Waals surface area contributed by atoms with Crippen LogP contribution in [0.4, 0.5) is 4.39 Å². The predicted molar refractivity (Wildman–Crippen MR) is 64.8 cm³/mol. The van der Waals surface area contributed by atoms with Crippen molar-refractivity contribution >= 4 is 0 Å². The first kappa shape index (κ1) is 11.9. The summed E-state index contributed by atoms with van der Waals surface area (Å²) in [7, 11) is 1.44. The Morgan fingerprint density at radius 3 is 2.67 bits per heavy atom. The fourth-order valence-corrected chi connectivity index (χ4v) is 1.70. The van der Waals surface area contributed by atoms with Crippen molar-refractivity contribution in [2.24, 2.45) is 0 Å². The van der Waals surface area contributed by atoms with Crippen LogP contribution in [0.15, 0.2) is 36.4 Å². The van der Waals surface area contributed by atoms with Gasteiger partial charge in [-0.3, -0.25) is 0 Å². The molecule has 2 aromatic carbocycles. The maximum Gasteiger partial charge on any atom is 0.160 e. The van der Waals surface area contributed by atoms with Gasteiger partial charge in [-0.15, -0.1) is 0 Å². The van der Waals surface area contributed by atoms with E-state index in [1.165, 1.54) is 19.2 Å². The summed E-state index contributed by atoms with van der Waals surface area (Å²) < 4.78 is 18.9. The Morgan fingerprint density at radius 1 is 1.28 bits per heavy atom. The molecule has 18 heavy (non-hydrogen) atoms. The number of halogens is 1. The van der Waals surface area contributed by atoms with Crippen LogP contribution in [0.1, 0.15) is 5.56 Å². The standard InChI is InChI=1S/C14H10FNO2/c1-18-13-6-5-9(7-12(13)17)11-4-2-3-10(8-16)14(11)15/h2-7,17H,1H3. The number of nitriles is 1. The van der Waals surface area contributed by atoms with E-state index in [-0.39, 0.29) is 16.9 Å². The Bertz CT molecular complexity index is 632. The van der Waals surface area contributed by atoms with Gasteiger partial charge in [-0.25, -0.2) is 4.39 Å². The summed E-state index contributed by atoms with van der Waals surface area (Å²) in [6, 6.07) is 10.9. The smallest absolute Gasteiger partial charge is 0.160 e. The fourth-order valence-electron chi connectivity index (χ4n) is 1.70. The number of benzene rings is 2. The number of phenolic OH excluding ortho intramolecular Hbond substituents is 1. The Morgan fingerprint density at radius 2 is 2.06 bits per heavy atom. The molecule has 1 N–H and O–H groups in total. The maximum atomic E-state index is 13.9. The van der Waals surface area contributed by atoms with Crippen LogP contribution in [0, 0.1) is 17.1 Å². The molecule has 2 rings (SSSR count). The average Bonchev–Trinajstić information content (AvgIpc) is 2.39. The van der Waals surface area contributed by atoms with E-state index in [9.17, 15) is 9.50 Å². The van der Waals surface area contributed by atoms with Gasteiger partial charge in [-0.2, -0.15) is 5.26 Å². The summed E-state index contributed by atoms with van der Waals surface area (Å²) in [5, 5.41) is 18.4. The molecule has 0 radical (unpaired) electrons. The highest BCUT2D eigenvalue weighted by molar-refractivity contribution is 5.69. The number of nitrogens with zero attached hydrogens (tertiary/aromatic N) is 1. The van der Waals surface area contributed by atoms with E-state index < -0.39 is 5.82 Å². The third-order valence-electron chi connectivity index (χ3n) is 2.61. The molecule has 0 aliphatic heterocycles. The van der Waals surface area contributed by atoms with E-state index >= 15 is 0 Å². The van der Waals surface area contributed by atoms with Crippen molar-refractivity contribution in [1.82, 2.24) is 0 Å². The van der Waals surface area contributed by atoms with Crippen LogP contribution < -0.4 is 4.74 Å². The number of methoxy groups -OCH3 is 1. The van der Waals surface area contributed by atoms with Crippen molar-refractivity contribution in [2.75, 3.05) is 7.11 Å². The zero-order chi connectivity index (χ0) is 13.1. The molecule has 0 atom stereocenters. The largest absolute Gasteiger partial charge is 0.504 e. The second-order valence-electron chi connectivity index (χ2n) is 3.67. The normalized spacial score (nSPS) is 9.83. The van der Waals surface area contributed by atoms with E-state index in [0.29, 0.717) is 11.3 Å². The SMILES string of the molecule is COc1ccc(-c2cccc(C#N)c2F)cc1O. The number of hydrogen-bond donors (Lipinski definition) is 1. The zero-order valence-corrected chi connectivity index (χ0v) is 9.64. The van der Waals surface area contributed by atoms with Crippen LogP contribution in [-0.4, -0.2) is 12.2 Å². The highest BCUT2D eigenvalue weighted by Crippen LogP contribution is 2.32. The van der Waals surface area contributed by atoms with Gasteiger partial charge in [0.1, 0.15) is 11.9 Å². The first-order valence-electron chi connectivity index (χ1n) is 5.23. The van der Waals surface area contributed by atoms with Crippen LogP contribution in [0.5, 0.6) is 11.5 Å². The van der Waals surface area contributed by atoms with E-state index in [1.54, 1.807) is 30.3 Å². The van der Waals surface area contributed by atoms with Gasteiger partial charge in [0.05, 0.1) is 12.7 Å². The summed E-state index contributed by atoms with van der Waals surface area (Å²) in [6.07, 6.45) is 0. The van der Waals surface area contributed by atoms with Crippen LogP contribution in [0.25, 0.3) is 11.1 Å². The molecule has 2 aromatic rings. The van der Waals surface area contributed by atoms with E-state index in [2.05, 4.69) is 0 Å². The van der Waals surface area contributed by atoms with E-state index in [1.807, 2.05) is 0 Å². The molecule has 0 aliphatic carbocycles. The minimum Gasteiger partial charge on any atom is -0.504 e. The van der Waals surface area contributed by atoms with Crippen LogP contribution in [0.2, 0.25) is 0 Å². The fraction of sp³-hybridized carbons (Fsp3) is 0.0714. The van der Waals surface area contributed by atoms with Crippen molar-refractivity contribution in [1.29, 1.82) is 5.26 Å². The predicted octanol–water partition coefficient (Wildman–Crippen LogP) is 3.08. The van der Waals surface area contributed by atoms with Gasteiger partial charge in [-0.05, 0) is 23.8 Å². The monoisotopic (exact) mass is 243 g/mol. The lowest BCUT2D eigenvalue weighted by Crippen LogP contribution is -1.90. The summed E-state index contributed by atoms with van der Waals surface area (Å²) in [5.74, 6) is -0.350. The zero-order valence-electron chi connectivity index (χ0n) is 9.64. The summed E-state index contributed by atoms with van der Waals surface area (Å²) in [5.41, 5.74) is 0.734. The van der Waals surface area contributed by atoms with Gasteiger partial charge in [0.2, 0.25) is 0 Å². The average molecular weight is 243 g/mol. The maximum absolute atomic E-state index is 13.9. The summed E-state index contributed by atoms with van der Waals surface area (Å²) in [4.78, 5) is 0. The van der Waals surface area contributed by atoms with Crippen LogP contribution in [0.3, 0.4) is 0 Å². The molecule has 0 unspecified atom stereocenters. The molecule has 90 valence electrons. The molecular weight excluding hydrogens is 233 g/mol. The molecule has 0 heterocycles. The third kappa shape index (κ3) is 1.98. The molecule has 0 saturated carbocycles. The van der Waals surface area contributed by atoms with E-state index in [0.717, 1.165) is 0 Å². The first-order chi connectivity index (χ1) is 8.67. The molecule has 4 heteroatoms. The van der Waals surface area contributed by atoms with Gasteiger partial charge < -0.3 is 9.84 Å². The van der Waals surface area contributed by atoms with Gasteiger partial charge >= 0.3 is 0 Å². The van der Waals surface area contributed by atoms with Crippen molar-refractivity contribution in [3.63, 3.8) is 0 Å². The second kappa shape index (κ2) is 4.76. The Hall–Kier alpha value is -2.54. The highest BCUT2D eigenvalue weighted by atomic mass is 19.1. The number of aromatic hydroxyl groups is 1. The Kier molecular flexibility index (Phi) is 3.16. The lowest BCUT2D eigenvalue weighted by Gasteiger charge is -2.07. The summed E-state index contributed by atoms with van der Waals surface area (Å²) >= 11 is 0. The molecule has 0 saturated heterocycles. The number of rotatable bonds is 2. The highest BCUT2D eigenvalue weighted by Gasteiger charge is 2.11. The van der Waals surface area contributed by atoms with Crippen molar-refractivity contribution < 1.29 is 14.2 Å². The van der Waals surface area contributed by atoms with Crippen LogP contribution >= 0.6 is 0 Å². The molecule has 0 fully saturated rings. The van der Waals surface area contributed by atoms with Crippen molar-refractivity contribution in [2.45, 2.75) is 0 Å². The number of phenols is 1. The lowest BCUT2D eigenvalue weighted by atomic mass is 10.0. The molecule has 0 aromatic heterocycles. The molecule has 0 spiro atoms. The molecular formula is C14H10FNO2. The minimum absolute atomic E-state index is 0.0252. The second-order valence-corrected chi connectivity index (χ2v) is 3.67. The van der Waals surface area contributed by atoms with Crippen LogP contribution in [-0.2, 0) is 0 Å². The quantitative estimate of drug-likeness (QED) is 0.881. The van der Waals surface area contributed by atoms with E-state index in [4.69, 9.17) is 10.00 Å². The molecule has 0 amide bonds. The van der Waals surface area contributed by atoms with Gasteiger partial charge in [-0.1, -0.05) is 18.2 Å². The molecule has 3 nitrogen and oxygen atoms in total. The van der Waals surface area contributed by atoms with Gasteiger partial charge in [0.25, 0.3) is 0 Å². The number of hydrogen-bond acceptors (Lipinski definition) is 3. The number of ether oxygens (including phenoxy) is 1. The lowest BCUT2D eigenvalue weighted by molar-refractivity contribution is 0.373. The van der Waals surface area contributed by atoms with Crippen molar-refractivity contribution in [3.05, 3.63) is 47.8 Å². The minimum atomic E-state index is -0.593. The topological polar surface area (TPSA) is 53.2 Å². The molecule has 0 bridgehead atoms. The Balaban J connectivity index is 2.56. The first-order valence-corrected chi connectivity index (χ1v) is 5.23. The Labute approximate surface area is 104 Å². The van der Waals surface area contributed by atoms with Gasteiger partial charge in [0.15, 0.2) is 11.5 Å². The molecule has 0 aliphatic rings. The van der Waals surface area contributed by atoms with Gasteiger partial charge in [0, 0.05) is 5.56 Å². The third-order valence-corrected chi connectivity index (χ3v) is 2.61. The summed E-state index contributed by atoms with van der Waals surface area (Å²) in [6.45, 7) is 0. The van der Waals surface area contributed by atoms with Crippen molar-refractivity contribution in [3.8, 4) is 28.7 Å².